The van der Waals surface area contributed by atoms with Crippen LogP contribution in [0.3, 0.4) is 0 Å². The molecule has 0 heterocycles. The van der Waals surface area contributed by atoms with E-state index in [2.05, 4.69) is 5.32 Å². The first-order valence-corrected chi connectivity index (χ1v) is 5.87. The van der Waals surface area contributed by atoms with E-state index in [9.17, 15) is 4.79 Å². The van der Waals surface area contributed by atoms with Crippen molar-refractivity contribution in [1.29, 1.82) is 0 Å². The van der Waals surface area contributed by atoms with Crippen molar-refractivity contribution in [3.63, 3.8) is 0 Å². The predicted molar refractivity (Wildman–Crippen MR) is 68.2 cm³/mol. The smallest absolute Gasteiger partial charge is 0.224 e. The van der Waals surface area contributed by atoms with Gasteiger partial charge in [-0.3, -0.25) is 4.79 Å². The highest BCUT2D eigenvalue weighted by Gasteiger charge is 2.09. The Morgan fingerprint density at radius 1 is 1.47 bits per heavy atom. The summed E-state index contributed by atoms with van der Waals surface area (Å²) in [6.07, 6.45) is 0. The Kier molecular flexibility index (Phi) is 5.80. The van der Waals surface area contributed by atoms with Gasteiger partial charge in [0.25, 0.3) is 0 Å². The molecule has 94 valence electrons. The molecule has 5 heteroatoms. The van der Waals surface area contributed by atoms with Gasteiger partial charge in [-0.15, -0.1) is 0 Å². The summed E-state index contributed by atoms with van der Waals surface area (Å²) in [5, 5.41) is 3.41. The molecular formula is C12H17ClN2O2. The molecule has 0 spiro atoms. The van der Waals surface area contributed by atoms with E-state index in [-0.39, 0.29) is 11.8 Å². The summed E-state index contributed by atoms with van der Waals surface area (Å²) in [6.45, 7) is 3.02. The van der Waals surface area contributed by atoms with Crippen LogP contribution in [0.25, 0.3) is 0 Å². The van der Waals surface area contributed by atoms with Crippen molar-refractivity contribution in [2.24, 2.45) is 11.7 Å². The van der Waals surface area contributed by atoms with Gasteiger partial charge in [-0.2, -0.15) is 0 Å². The van der Waals surface area contributed by atoms with E-state index in [0.717, 1.165) is 5.75 Å². The zero-order chi connectivity index (χ0) is 12.7. The summed E-state index contributed by atoms with van der Waals surface area (Å²) >= 11 is 5.74. The number of nitrogens with two attached hydrogens (primary N) is 1. The first-order chi connectivity index (χ1) is 8.13. The van der Waals surface area contributed by atoms with Crippen molar-refractivity contribution in [3.05, 3.63) is 29.3 Å². The summed E-state index contributed by atoms with van der Waals surface area (Å²) in [7, 11) is 0. The Labute approximate surface area is 106 Å². The molecule has 0 bridgehead atoms. The molecule has 0 fully saturated rings. The molecule has 1 amide bonds. The third kappa shape index (κ3) is 5.06. The van der Waals surface area contributed by atoms with E-state index in [1.54, 1.807) is 31.2 Å². The van der Waals surface area contributed by atoms with Crippen LogP contribution in [-0.2, 0) is 4.79 Å². The van der Waals surface area contributed by atoms with Crippen LogP contribution in [-0.4, -0.2) is 25.6 Å². The number of nitrogens with one attached hydrogen (secondary N) is 1. The highest BCUT2D eigenvalue weighted by molar-refractivity contribution is 6.30. The highest BCUT2D eigenvalue weighted by Crippen LogP contribution is 2.14. The minimum Gasteiger partial charge on any atom is -0.492 e. The summed E-state index contributed by atoms with van der Waals surface area (Å²) in [4.78, 5) is 11.4. The average Bonchev–Trinajstić information content (AvgIpc) is 2.35. The van der Waals surface area contributed by atoms with Crippen LogP contribution in [0.15, 0.2) is 24.3 Å². The number of ether oxygens (including phenoxy) is 1. The topological polar surface area (TPSA) is 64.4 Å². The average molecular weight is 257 g/mol. The Bertz CT molecular complexity index is 354. The molecule has 0 aliphatic rings. The Morgan fingerprint density at radius 2 is 2.12 bits per heavy atom. The zero-order valence-electron chi connectivity index (χ0n) is 9.78. The molecule has 0 aliphatic carbocycles. The van der Waals surface area contributed by atoms with Crippen LogP contribution >= 0.6 is 11.6 Å². The van der Waals surface area contributed by atoms with Gasteiger partial charge in [0.2, 0.25) is 5.91 Å². The molecule has 0 aliphatic heterocycles. The van der Waals surface area contributed by atoms with Gasteiger partial charge in [0, 0.05) is 17.5 Å². The predicted octanol–water partition coefficient (Wildman–Crippen LogP) is 1.43. The van der Waals surface area contributed by atoms with Gasteiger partial charge in [-0.1, -0.05) is 18.5 Å². The van der Waals surface area contributed by atoms with E-state index in [1.807, 2.05) is 0 Å². The molecule has 3 N–H and O–H groups in total. The Morgan fingerprint density at radius 3 is 2.71 bits per heavy atom. The molecule has 0 saturated heterocycles. The largest absolute Gasteiger partial charge is 0.492 e. The van der Waals surface area contributed by atoms with Crippen LogP contribution in [0.4, 0.5) is 0 Å². The fraction of sp³-hybridized carbons (Fsp3) is 0.417. The van der Waals surface area contributed by atoms with E-state index in [4.69, 9.17) is 22.1 Å². The lowest BCUT2D eigenvalue weighted by Gasteiger charge is -2.10. The fourth-order valence-corrected chi connectivity index (χ4v) is 1.28. The summed E-state index contributed by atoms with van der Waals surface area (Å²) < 4.78 is 5.42. The third-order valence-corrected chi connectivity index (χ3v) is 2.54. The normalized spacial score (nSPS) is 11.9. The van der Waals surface area contributed by atoms with Crippen molar-refractivity contribution in [1.82, 2.24) is 5.32 Å². The molecule has 0 saturated carbocycles. The summed E-state index contributed by atoms with van der Waals surface area (Å²) in [5.74, 6) is 0.522. The zero-order valence-corrected chi connectivity index (χ0v) is 10.5. The van der Waals surface area contributed by atoms with E-state index >= 15 is 0 Å². The molecule has 1 atom stereocenters. The van der Waals surface area contributed by atoms with Gasteiger partial charge >= 0.3 is 0 Å². The van der Waals surface area contributed by atoms with Crippen LogP contribution < -0.4 is 15.8 Å². The van der Waals surface area contributed by atoms with Crippen molar-refractivity contribution in [3.8, 4) is 5.75 Å². The summed E-state index contributed by atoms with van der Waals surface area (Å²) in [5.41, 5.74) is 5.38. The number of hydrogen-bond acceptors (Lipinski definition) is 3. The number of benzene rings is 1. The number of carbonyl (C=O) groups excluding carboxylic acids is 1. The van der Waals surface area contributed by atoms with Crippen LogP contribution in [0.5, 0.6) is 5.75 Å². The molecular weight excluding hydrogens is 240 g/mol. The molecule has 1 rings (SSSR count). The standard InChI is InChI=1S/C12H17ClN2O2/c1-9(8-14)12(16)15-6-7-17-11-4-2-10(13)3-5-11/h2-5,9H,6-8,14H2,1H3,(H,15,16). The molecule has 0 aromatic heterocycles. The second-order valence-electron chi connectivity index (χ2n) is 3.73. The SMILES string of the molecule is CC(CN)C(=O)NCCOc1ccc(Cl)cc1. The minimum atomic E-state index is -0.162. The number of rotatable bonds is 6. The van der Waals surface area contributed by atoms with Crippen LogP contribution in [0, 0.1) is 5.92 Å². The summed E-state index contributed by atoms with van der Waals surface area (Å²) in [6, 6.07) is 7.08. The molecule has 4 nitrogen and oxygen atoms in total. The van der Waals surface area contributed by atoms with E-state index in [1.165, 1.54) is 0 Å². The Balaban J connectivity index is 2.20. The van der Waals surface area contributed by atoms with E-state index < -0.39 is 0 Å². The molecule has 0 radical (unpaired) electrons. The van der Waals surface area contributed by atoms with Crippen molar-refractivity contribution in [2.75, 3.05) is 19.7 Å². The maximum Gasteiger partial charge on any atom is 0.224 e. The van der Waals surface area contributed by atoms with Gasteiger partial charge < -0.3 is 15.8 Å². The molecule has 1 aromatic rings. The number of hydrogen-bond donors (Lipinski definition) is 2. The van der Waals surface area contributed by atoms with Crippen molar-refractivity contribution < 1.29 is 9.53 Å². The fourth-order valence-electron chi connectivity index (χ4n) is 1.16. The lowest BCUT2D eigenvalue weighted by Crippen LogP contribution is -2.35. The van der Waals surface area contributed by atoms with Crippen molar-refractivity contribution >= 4 is 17.5 Å². The first-order valence-electron chi connectivity index (χ1n) is 5.49. The Hall–Kier alpha value is -1.26. The molecule has 1 unspecified atom stereocenters. The third-order valence-electron chi connectivity index (χ3n) is 2.28. The highest BCUT2D eigenvalue weighted by atomic mass is 35.5. The second kappa shape index (κ2) is 7.14. The van der Waals surface area contributed by atoms with Crippen molar-refractivity contribution in [2.45, 2.75) is 6.92 Å². The monoisotopic (exact) mass is 256 g/mol. The van der Waals surface area contributed by atoms with Gasteiger partial charge in [0.05, 0.1) is 6.54 Å². The number of carbonyl (C=O) groups is 1. The molecule has 1 aromatic carbocycles. The first kappa shape index (κ1) is 13.8. The van der Waals surface area contributed by atoms with Gasteiger partial charge in [-0.05, 0) is 24.3 Å². The quantitative estimate of drug-likeness (QED) is 0.757. The molecule has 17 heavy (non-hydrogen) atoms. The maximum atomic E-state index is 11.4. The maximum absolute atomic E-state index is 11.4. The van der Waals surface area contributed by atoms with E-state index in [0.29, 0.717) is 24.7 Å². The second-order valence-corrected chi connectivity index (χ2v) is 4.17. The van der Waals surface area contributed by atoms with Gasteiger partial charge in [0.1, 0.15) is 12.4 Å². The lowest BCUT2D eigenvalue weighted by atomic mass is 10.2. The van der Waals surface area contributed by atoms with Gasteiger partial charge in [0.15, 0.2) is 0 Å². The number of amides is 1. The van der Waals surface area contributed by atoms with Gasteiger partial charge in [-0.25, -0.2) is 0 Å². The number of halogens is 1. The minimum absolute atomic E-state index is 0.0489. The van der Waals surface area contributed by atoms with Crippen LogP contribution in [0.2, 0.25) is 5.02 Å². The van der Waals surface area contributed by atoms with Crippen LogP contribution in [0.1, 0.15) is 6.92 Å². The lowest BCUT2D eigenvalue weighted by molar-refractivity contribution is -0.124.